The van der Waals surface area contributed by atoms with Gasteiger partial charge in [0.05, 0.1) is 11.2 Å². The molecule has 0 saturated heterocycles. The fraction of sp³-hybridized carbons (Fsp3) is 0.333. The first-order chi connectivity index (χ1) is 7.81. The lowest BCUT2D eigenvalue weighted by Crippen LogP contribution is -1.92. The number of aromatic nitrogens is 2. The van der Waals surface area contributed by atoms with E-state index in [1.165, 1.54) is 12.8 Å². The van der Waals surface area contributed by atoms with Crippen LogP contribution >= 0.6 is 0 Å². The first-order valence-corrected chi connectivity index (χ1v) is 5.37. The standard InChI is InChI=1S/C12H11N3O/c1-8-10-3-2-4-11(13-7-16)15(10)12(14-8)9-5-6-9/h2-4,9H,5-6H2,1H3. The van der Waals surface area contributed by atoms with Crippen LogP contribution in [0.3, 0.4) is 0 Å². The fourth-order valence-electron chi connectivity index (χ4n) is 2.05. The Morgan fingerprint density at radius 2 is 2.31 bits per heavy atom. The number of fused-ring (bicyclic) bond motifs is 1. The molecule has 0 radical (unpaired) electrons. The van der Waals surface area contributed by atoms with Gasteiger partial charge in [-0.05, 0) is 31.9 Å². The van der Waals surface area contributed by atoms with Crippen molar-refractivity contribution in [2.45, 2.75) is 25.7 Å². The molecule has 2 heterocycles. The number of pyridine rings is 1. The lowest BCUT2D eigenvalue weighted by Gasteiger charge is -2.01. The van der Waals surface area contributed by atoms with Crippen molar-refractivity contribution in [3.05, 3.63) is 29.7 Å². The predicted molar refractivity (Wildman–Crippen MR) is 59.7 cm³/mol. The molecule has 0 aromatic carbocycles. The number of nitrogens with zero attached hydrogens (tertiary/aromatic N) is 3. The molecule has 1 saturated carbocycles. The molecule has 2 aromatic heterocycles. The van der Waals surface area contributed by atoms with Crippen LogP contribution in [0.5, 0.6) is 0 Å². The second kappa shape index (κ2) is 3.29. The second-order valence-electron chi connectivity index (χ2n) is 4.14. The highest BCUT2D eigenvalue weighted by molar-refractivity contribution is 5.60. The predicted octanol–water partition coefficient (Wildman–Crippen LogP) is 2.49. The molecular formula is C12H11N3O. The van der Waals surface area contributed by atoms with Crippen molar-refractivity contribution < 1.29 is 4.79 Å². The van der Waals surface area contributed by atoms with Crippen molar-refractivity contribution in [3.63, 3.8) is 0 Å². The average Bonchev–Trinajstić information content (AvgIpc) is 3.06. The van der Waals surface area contributed by atoms with E-state index < -0.39 is 0 Å². The van der Waals surface area contributed by atoms with Gasteiger partial charge in [-0.1, -0.05) is 6.07 Å². The van der Waals surface area contributed by atoms with E-state index in [4.69, 9.17) is 0 Å². The molecule has 1 aliphatic carbocycles. The zero-order chi connectivity index (χ0) is 11.1. The lowest BCUT2D eigenvalue weighted by molar-refractivity contribution is 0.565. The summed E-state index contributed by atoms with van der Waals surface area (Å²) < 4.78 is 1.97. The van der Waals surface area contributed by atoms with Crippen LogP contribution in [0.2, 0.25) is 0 Å². The van der Waals surface area contributed by atoms with Crippen LogP contribution in [0.4, 0.5) is 5.82 Å². The number of aryl methyl sites for hydroxylation is 1. The van der Waals surface area contributed by atoms with E-state index in [0.29, 0.717) is 11.7 Å². The van der Waals surface area contributed by atoms with Crippen molar-refractivity contribution in [2.24, 2.45) is 4.99 Å². The number of aliphatic imine (C=N–C) groups is 1. The minimum Gasteiger partial charge on any atom is -0.280 e. The first kappa shape index (κ1) is 9.31. The Morgan fingerprint density at radius 1 is 1.50 bits per heavy atom. The Balaban J connectivity index is 2.37. The SMILES string of the molecule is Cc1nc(C2CC2)n2c(N=C=O)cccc12. The topological polar surface area (TPSA) is 46.7 Å². The van der Waals surface area contributed by atoms with Crippen LogP contribution in [0, 0.1) is 6.92 Å². The molecule has 0 aliphatic heterocycles. The zero-order valence-corrected chi connectivity index (χ0v) is 8.97. The van der Waals surface area contributed by atoms with E-state index >= 15 is 0 Å². The molecule has 0 unspecified atom stereocenters. The average molecular weight is 213 g/mol. The van der Waals surface area contributed by atoms with Gasteiger partial charge in [-0.3, -0.25) is 4.40 Å². The summed E-state index contributed by atoms with van der Waals surface area (Å²) in [6.07, 6.45) is 3.95. The number of imidazole rings is 1. The molecular weight excluding hydrogens is 202 g/mol. The van der Waals surface area contributed by atoms with Crippen LogP contribution in [0.1, 0.15) is 30.3 Å². The largest absolute Gasteiger partial charge is 0.280 e. The van der Waals surface area contributed by atoms with Crippen molar-refractivity contribution in [3.8, 4) is 0 Å². The van der Waals surface area contributed by atoms with Crippen LogP contribution in [0.25, 0.3) is 5.52 Å². The quantitative estimate of drug-likeness (QED) is 0.568. The molecule has 0 atom stereocenters. The molecule has 0 amide bonds. The molecule has 4 heteroatoms. The summed E-state index contributed by atoms with van der Waals surface area (Å²) in [7, 11) is 0. The summed E-state index contributed by atoms with van der Waals surface area (Å²) >= 11 is 0. The van der Waals surface area contributed by atoms with Crippen molar-refractivity contribution in [2.75, 3.05) is 0 Å². The molecule has 80 valence electrons. The van der Waals surface area contributed by atoms with Crippen molar-refractivity contribution in [1.82, 2.24) is 9.38 Å². The van der Waals surface area contributed by atoms with Gasteiger partial charge in [0.15, 0.2) is 5.82 Å². The van der Waals surface area contributed by atoms with E-state index in [1.54, 1.807) is 6.08 Å². The van der Waals surface area contributed by atoms with Crippen molar-refractivity contribution in [1.29, 1.82) is 0 Å². The molecule has 1 fully saturated rings. The van der Waals surface area contributed by atoms with Crippen LogP contribution in [-0.2, 0) is 4.79 Å². The summed E-state index contributed by atoms with van der Waals surface area (Å²) in [6.45, 7) is 1.98. The molecule has 0 N–H and O–H groups in total. The van der Waals surface area contributed by atoms with E-state index in [-0.39, 0.29) is 0 Å². The monoisotopic (exact) mass is 213 g/mol. The number of hydrogen-bond acceptors (Lipinski definition) is 3. The minimum atomic E-state index is 0.532. The van der Waals surface area contributed by atoms with Crippen LogP contribution in [-0.4, -0.2) is 15.5 Å². The van der Waals surface area contributed by atoms with Gasteiger partial charge in [-0.2, -0.15) is 0 Å². The van der Waals surface area contributed by atoms with Gasteiger partial charge >= 0.3 is 0 Å². The summed E-state index contributed by atoms with van der Waals surface area (Å²) in [5, 5.41) is 0. The third-order valence-corrected chi connectivity index (χ3v) is 2.95. The Labute approximate surface area is 92.6 Å². The first-order valence-electron chi connectivity index (χ1n) is 5.37. The number of rotatable bonds is 2. The van der Waals surface area contributed by atoms with Gasteiger partial charge < -0.3 is 0 Å². The Hall–Kier alpha value is -1.93. The summed E-state index contributed by atoms with van der Waals surface area (Å²) in [5.74, 6) is 2.18. The highest BCUT2D eigenvalue weighted by atomic mass is 16.1. The Bertz CT molecular complexity index is 604. The van der Waals surface area contributed by atoms with Gasteiger partial charge in [0, 0.05) is 5.92 Å². The highest BCUT2D eigenvalue weighted by Crippen LogP contribution is 2.41. The summed E-state index contributed by atoms with van der Waals surface area (Å²) in [5.41, 5.74) is 2.02. The molecule has 2 aromatic rings. The zero-order valence-electron chi connectivity index (χ0n) is 8.97. The maximum atomic E-state index is 10.4. The Kier molecular flexibility index (Phi) is 1.91. The van der Waals surface area contributed by atoms with Gasteiger partial charge in [0.25, 0.3) is 0 Å². The van der Waals surface area contributed by atoms with Gasteiger partial charge in [0.1, 0.15) is 5.82 Å². The maximum Gasteiger partial charge on any atom is 0.242 e. The molecule has 1 aliphatic rings. The van der Waals surface area contributed by atoms with E-state index in [0.717, 1.165) is 17.0 Å². The van der Waals surface area contributed by atoms with Crippen LogP contribution < -0.4 is 0 Å². The van der Waals surface area contributed by atoms with E-state index in [9.17, 15) is 4.79 Å². The van der Waals surface area contributed by atoms with Gasteiger partial charge in [-0.15, -0.1) is 4.99 Å². The van der Waals surface area contributed by atoms with E-state index in [1.807, 2.05) is 29.5 Å². The third kappa shape index (κ3) is 1.27. The normalized spacial score (nSPS) is 15.1. The number of isocyanates is 1. The molecule has 0 bridgehead atoms. The molecule has 0 spiro atoms. The smallest absolute Gasteiger partial charge is 0.242 e. The number of hydrogen-bond donors (Lipinski definition) is 0. The maximum absolute atomic E-state index is 10.4. The van der Waals surface area contributed by atoms with Crippen LogP contribution in [0.15, 0.2) is 23.2 Å². The van der Waals surface area contributed by atoms with E-state index in [2.05, 4.69) is 9.98 Å². The number of carbonyl (C=O) groups excluding carboxylic acids is 1. The highest BCUT2D eigenvalue weighted by Gasteiger charge is 2.29. The summed E-state index contributed by atoms with van der Waals surface area (Å²) in [6, 6.07) is 5.69. The minimum absolute atomic E-state index is 0.532. The van der Waals surface area contributed by atoms with Gasteiger partial charge in [-0.25, -0.2) is 9.78 Å². The van der Waals surface area contributed by atoms with Crippen molar-refractivity contribution >= 4 is 17.4 Å². The Morgan fingerprint density at radius 3 is 3.00 bits per heavy atom. The fourth-order valence-corrected chi connectivity index (χ4v) is 2.05. The lowest BCUT2D eigenvalue weighted by atomic mass is 10.3. The summed E-state index contributed by atoms with van der Waals surface area (Å²) in [4.78, 5) is 18.7. The molecule has 3 rings (SSSR count). The van der Waals surface area contributed by atoms with Gasteiger partial charge in [0.2, 0.25) is 6.08 Å². The second-order valence-corrected chi connectivity index (χ2v) is 4.14. The third-order valence-electron chi connectivity index (χ3n) is 2.95. The molecule has 4 nitrogen and oxygen atoms in total. The molecule has 16 heavy (non-hydrogen) atoms.